The summed E-state index contributed by atoms with van der Waals surface area (Å²) in [5, 5.41) is 2.71. The Kier molecular flexibility index (Phi) is 3.66. The molecule has 0 bridgehead atoms. The summed E-state index contributed by atoms with van der Waals surface area (Å²) in [6, 6.07) is 0.133. The van der Waals surface area contributed by atoms with Gasteiger partial charge in [0.05, 0.1) is 5.92 Å². The largest absolute Gasteiger partial charge is 0.355 e. The lowest BCUT2D eigenvalue weighted by atomic mass is 9.91. The lowest BCUT2D eigenvalue weighted by Gasteiger charge is -2.35. The summed E-state index contributed by atoms with van der Waals surface area (Å²) in [6.45, 7) is 4.06. The molecular weight excluding hydrogens is 218 g/mol. The van der Waals surface area contributed by atoms with Crippen LogP contribution in [0.1, 0.15) is 26.2 Å². The van der Waals surface area contributed by atoms with Gasteiger partial charge >= 0.3 is 0 Å². The smallest absolute Gasteiger partial charge is 0.227 e. The van der Waals surface area contributed by atoms with Gasteiger partial charge in [-0.1, -0.05) is 0 Å². The average Bonchev–Trinajstić information content (AvgIpc) is 2.75. The van der Waals surface area contributed by atoms with Crippen LogP contribution >= 0.6 is 0 Å². The van der Waals surface area contributed by atoms with Crippen molar-refractivity contribution >= 4 is 11.8 Å². The Morgan fingerprint density at radius 2 is 2.35 bits per heavy atom. The molecule has 2 aliphatic heterocycles. The molecule has 2 fully saturated rings. The van der Waals surface area contributed by atoms with Crippen LogP contribution in [0.3, 0.4) is 0 Å². The second-order valence-electron chi connectivity index (χ2n) is 5.25. The first-order valence-corrected chi connectivity index (χ1v) is 6.39. The zero-order valence-corrected chi connectivity index (χ0v) is 10.3. The second-order valence-corrected chi connectivity index (χ2v) is 5.25. The number of hydrogen-bond donors (Lipinski definition) is 2. The quantitative estimate of drug-likeness (QED) is 0.695. The Balaban J connectivity index is 1.93. The number of nitrogens with two attached hydrogens (primary N) is 1. The van der Waals surface area contributed by atoms with Crippen molar-refractivity contribution in [2.24, 2.45) is 17.6 Å². The number of likely N-dealkylation sites (tertiary alicyclic amines) is 1. The van der Waals surface area contributed by atoms with Gasteiger partial charge in [0.15, 0.2) is 0 Å². The molecule has 3 N–H and O–H groups in total. The molecule has 0 radical (unpaired) electrons. The predicted molar refractivity (Wildman–Crippen MR) is 64.1 cm³/mol. The highest BCUT2D eigenvalue weighted by Crippen LogP contribution is 2.22. The van der Waals surface area contributed by atoms with Crippen molar-refractivity contribution in [1.29, 1.82) is 0 Å². The minimum Gasteiger partial charge on any atom is -0.355 e. The fourth-order valence-corrected chi connectivity index (χ4v) is 2.68. The monoisotopic (exact) mass is 239 g/mol. The van der Waals surface area contributed by atoms with Crippen LogP contribution in [0.25, 0.3) is 0 Å². The number of hydrogen-bond acceptors (Lipinski definition) is 3. The Morgan fingerprint density at radius 1 is 1.59 bits per heavy atom. The van der Waals surface area contributed by atoms with Crippen molar-refractivity contribution in [3.63, 3.8) is 0 Å². The van der Waals surface area contributed by atoms with Crippen LogP contribution in [0.15, 0.2) is 0 Å². The molecule has 96 valence electrons. The van der Waals surface area contributed by atoms with Crippen molar-refractivity contribution in [3.05, 3.63) is 0 Å². The standard InChI is InChI=1S/C12H21N3O2/c1-8(13)9-3-2-4-15(7-9)12(17)10-5-11(16)14-6-10/h8-10H,2-7,13H2,1H3,(H,14,16). The normalized spacial score (nSPS) is 31.2. The maximum atomic E-state index is 12.2. The molecule has 0 spiro atoms. The molecule has 2 rings (SSSR count). The summed E-state index contributed by atoms with van der Waals surface area (Å²) in [6.07, 6.45) is 2.47. The summed E-state index contributed by atoms with van der Waals surface area (Å²) in [7, 11) is 0. The fraction of sp³-hybridized carbons (Fsp3) is 0.833. The topological polar surface area (TPSA) is 75.4 Å². The van der Waals surface area contributed by atoms with Crippen LogP contribution in [0.4, 0.5) is 0 Å². The number of carbonyl (C=O) groups excluding carboxylic acids is 2. The summed E-state index contributed by atoms with van der Waals surface area (Å²) in [4.78, 5) is 25.2. The van der Waals surface area contributed by atoms with Crippen LogP contribution in [-0.2, 0) is 9.59 Å². The number of rotatable bonds is 2. The van der Waals surface area contributed by atoms with Crippen LogP contribution in [0.2, 0.25) is 0 Å². The Morgan fingerprint density at radius 3 is 2.94 bits per heavy atom. The number of carbonyl (C=O) groups is 2. The van der Waals surface area contributed by atoms with E-state index in [-0.39, 0.29) is 23.8 Å². The molecule has 0 aromatic rings. The number of piperidine rings is 1. The lowest BCUT2D eigenvalue weighted by Crippen LogP contribution is -2.47. The lowest BCUT2D eigenvalue weighted by molar-refractivity contribution is -0.137. The molecule has 0 aromatic carbocycles. The van der Waals surface area contributed by atoms with Gasteiger partial charge in [-0.2, -0.15) is 0 Å². The molecule has 0 saturated carbocycles. The minimum absolute atomic E-state index is 0.0101. The first-order valence-electron chi connectivity index (χ1n) is 6.39. The second kappa shape index (κ2) is 5.04. The molecule has 3 atom stereocenters. The molecule has 2 heterocycles. The van der Waals surface area contributed by atoms with E-state index in [0.29, 0.717) is 18.9 Å². The number of nitrogens with zero attached hydrogens (tertiary/aromatic N) is 1. The average molecular weight is 239 g/mol. The third-order valence-corrected chi connectivity index (χ3v) is 3.84. The van der Waals surface area contributed by atoms with Crippen molar-refractivity contribution < 1.29 is 9.59 Å². The van der Waals surface area contributed by atoms with Gasteiger partial charge in [-0.25, -0.2) is 0 Å². The van der Waals surface area contributed by atoms with Gasteiger partial charge in [0, 0.05) is 32.1 Å². The van der Waals surface area contributed by atoms with Crippen LogP contribution < -0.4 is 11.1 Å². The van der Waals surface area contributed by atoms with E-state index in [1.165, 1.54) is 0 Å². The molecule has 17 heavy (non-hydrogen) atoms. The Labute approximate surface area is 102 Å². The van der Waals surface area contributed by atoms with Gasteiger partial charge in [0.25, 0.3) is 0 Å². The van der Waals surface area contributed by atoms with E-state index in [0.717, 1.165) is 25.9 Å². The van der Waals surface area contributed by atoms with E-state index >= 15 is 0 Å². The molecule has 2 amide bonds. The van der Waals surface area contributed by atoms with Gasteiger partial charge in [-0.05, 0) is 25.7 Å². The third kappa shape index (κ3) is 2.77. The summed E-state index contributed by atoms with van der Waals surface area (Å²) in [5.41, 5.74) is 5.90. The molecule has 2 aliphatic rings. The van der Waals surface area contributed by atoms with Gasteiger partial charge in [0.2, 0.25) is 11.8 Å². The number of nitrogens with one attached hydrogen (secondary N) is 1. The maximum absolute atomic E-state index is 12.2. The highest BCUT2D eigenvalue weighted by molar-refractivity contribution is 5.89. The molecule has 0 aliphatic carbocycles. The predicted octanol–water partition coefficient (Wildman–Crippen LogP) is -0.292. The van der Waals surface area contributed by atoms with Gasteiger partial charge in [-0.3, -0.25) is 9.59 Å². The van der Waals surface area contributed by atoms with Gasteiger partial charge in [-0.15, -0.1) is 0 Å². The molecule has 3 unspecified atom stereocenters. The zero-order valence-electron chi connectivity index (χ0n) is 10.3. The van der Waals surface area contributed by atoms with E-state index in [1.54, 1.807) is 0 Å². The van der Waals surface area contributed by atoms with Crippen molar-refractivity contribution in [3.8, 4) is 0 Å². The van der Waals surface area contributed by atoms with Crippen molar-refractivity contribution in [1.82, 2.24) is 10.2 Å². The molecule has 5 heteroatoms. The van der Waals surface area contributed by atoms with Crippen LogP contribution in [-0.4, -0.2) is 42.4 Å². The van der Waals surface area contributed by atoms with Gasteiger partial charge < -0.3 is 16.0 Å². The summed E-state index contributed by atoms with van der Waals surface area (Å²) >= 11 is 0. The van der Waals surface area contributed by atoms with Crippen LogP contribution in [0, 0.1) is 11.8 Å². The first kappa shape index (κ1) is 12.4. The highest BCUT2D eigenvalue weighted by Gasteiger charge is 2.34. The third-order valence-electron chi connectivity index (χ3n) is 3.84. The summed E-state index contributed by atoms with van der Waals surface area (Å²) < 4.78 is 0. The number of amides is 2. The molecule has 2 saturated heterocycles. The zero-order chi connectivity index (χ0) is 12.4. The van der Waals surface area contributed by atoms with E-state index in [9.17, 15) is 9.59 Å². The van der Waals surface area contributed by atoms with E-state index < -0.39 is 0 Å². The van der Waals surface area contributed by atoms with Crippen LogP contribution in [0.5, 0.6) is 0 Å². The minimum atomic E-state index is -0.158. The van der Waals surface area contributed by atoms with E-state index in [1.807, 2.05) is 11.8 Å². The fourth-order valence-electron chi connectivity index (χ4n) is 2.68. The SMILES string of the molecule is CC(N)C1CCCN(C(=O)C2CNC(=O)C2)C1. The molecular formula is C12H21N3O2. The van der Waals surface area contributed by atoms with Gasteiger partial charge in [0.1, 0.15) is 0 Å². The Hall–Kier alpha value is -1.10. The van der Waals surface area contributed by atoms with E-state index in [2.05, 4.69) is 5.32 Å². The highest BCUT2D eigenvalue weighted by atomic mass is 16.2. The summed E-state index contributed by atoms with van der Waals surface area (Å²) in [5.74, 6) is 0.352. The van der Waals surface area contributed by atoms with E-state index in [4.69, 9.17) is 5.73 Å². The first-order chi connectivity index (χ1) is 8.08. The molecule has 5 nitrogen and oxygen atoms in total. The molecule has 0 aromatic heterocycles. The maximum Gasteiger partial charge on any atom is 0.227 e. The Bertz CT molecular complexity index is 317. The van der Waals surface area contributed by atoms with Crippen molar-refractivity contribution in [2.75, 3.05) is 19.6 Å². The van der Waals surface area contributed by atoms with Crippen molar-refractivity contribution in [2.45, 2.75) is 32.2 Å².